The van der Waals surface area contributed by atoms with E-state index in [1.54, 1.807) is 6.92 Å². The Hall–Kier alpha value is -0.260. The van der Waals surface area contributed by atoms with E-state index in [2.05, 4.69) is 11.9 Å². The summed E-state index contributed by atoms with van der Waals surface area (Å²) in [6.45, 7) is 3.23. The lowest BCUT2D eigenvalue weighted by Gasteiger charge is -2.46. The molecule has 2 heterocycles. The topological polar surface area (TPSA) is 49.8 Å². The van der Waals surface area contributed by atoms with Crippen molar-refractivity contribution >= 4 is 17.7 Å². The van der Waals surface area contributed by atoms with Crippen LogP contribution in [0.2, 0.25) is 0 Å². The van der Waals surface area contributed by atoms with Crippen LogP contribution in [0.1, 0.15) is 32.6 Å². The Labute approximate surface area is 119 Å². The van der Waals surface area contributed by atoms with Gasteiger partial charge in [-0.3, -0.25) is 4.79 Å². The maximum atomic E-state index is 11.0. The van der Waals surface area contributed by atoms with E-state index >= 15 is 0 Å². The number of ether oxygens (including phenoxy) is 1. The van der Waals surface area contributed by atoms with Gasteiger partial charge in [0.05, 0.1) is 11.5 Å². The molecule has 19 heavy (non-hydrogen) atoms. The lowest BCUT2D eigenvalue weighted by molar-refractivity contribution is -0.142. The second kappa shape index (κ2) is 6.46. The fraction of sp³-hybridized carbons (Fsp3) is 0.929. The Morgan fingerprint density at radius 2 is 2.21 bits per heavy atom. The summed E-state index contributed by atoms with van der Waals surface area (Å²) >= 11 is 2.02. The molecule has 0 bridgehead atoms. The summed E-state index contributed by atoms with van der Waals surface area (Å²) in [5.74, 6) is 1.39. The number of aliphatic carboxylic acids is 1. The van der Waals surface area contributed by atoms with Gasteiger partial charge in [-0.1, -0.05) is 6.92 Å². The number of carboxylic acid groups (broad SMARTS) is 1. The van der Waals surface area contributed by atoms with Crippen molar-refractivity contribution in [3.8, 4) is 0 Å². The predicted octanol–water partition coefficient (Wildman–Crippen LogP) is 2.08. The third-order valence-corrected chi connectivity index (χ3v) is 5.46. The van der Waals surface area contributed by atoms with Crippen LogP contribution in [-0.4, -0.2) is 59.3 Å². The first-order valence-corrected chi connectivity index (χ1v) is 8.33. The van der Waals surface area contributed by atoms with E-state index in [1.807, 2.05) is 11.8 Å². The van der Waals surface area contributed by atoms with Gasteiger partial charge in [-0.05, 0) is 44.2 Å². The van der Waals surface area contributed by atoms with Crippen molar-refractivity contribution in [2.75, 3.05) is 31.7 Å². The molecule has 2 atom stereocenters. The van der Waals surface area contributed by atoms with Gasteiger partial charge in [-0.25, -0.2) is 0 Å². The Kier molecular flexibility index (Phi) is 5.15. The molecule has 0 aromatic heterocycles. The summed E-state index contributed by atoms with van der Waals surface area (Å²) in [5, 5.41) is 9.02. The van der Waals surface area contributed by atoms with Gasteiger partial charge >= 0.3 is 5.97 Å². The van der Waals surface area contributed by atoms with Gasteiger partial charge in [0, 0.05) is 19.2 Å². The molecule has 2 aliphatic rings. The molecular formula is C14H25NO3S. The van der Waals surface area contributed by atoms with Crippen molar-refractivity contribution in [3.63, 3.8) is 0 Å². The molecule has 110 valence electrons. The van der Waals surface area contributed by atoms with E-state index in [-0.39, 0.29) is 11.5 Å². The zero-order valence-electron chi connectivity index (χ0n) is 11.9. The van der Waals surface area contributed by atoms with Crippen molar-refractivity contribution in [1.82, 2.24) is 4.90 Å². The molecule has 5 heteroatoms. The summed E-state index contributed by atoms with van der Waals surface area (Å²) in [4.78, 5) is 13.2. The van der Waals surface area contributed by atoms with Crippen LogP contribution in [0.4, 0.5) is 0 Å². The largest absolute Gasteiger partial charge is 0.481 e. The van der Waals surface area contributed by atoms with E-state index in [1.165, 1.54) is 11.5 Å². The minimum absolute atomic E-state index is 0.0783. The smallest absolute Gasteiger partial charge is 0.307 e. The monoisotopic (exact) mass is 287 g/mol. The van der Waals surface area contributed by atoms with Gasteiger partial charge in [-0.15, -0.1) is 0 Å². The molecule has 2 fully saturated rings. The molecule has 0 radical (unpaired) electrons. The van der Waals surface area contributed by atoms with Crippen molar-refractivity contribution < 1.29 is 14.6 Å². The molecule has 1 N–H and O–H groups in total. The average molecular weight is 287 g/mol. The van der Waals surface area contributed by atoms with Crippen LogP contribution in [-0.2, 0) is 9.53 Å². The molecular weight excluding hydrogens is 262 g/mol. The van der Waals surface area contributed by atoms with Crippen LogP contribution in [0.25, 0.3) is 0 Å². The van der Waals surface area contributed by atoms with Gasteiger partial charge in [0.2, 0.25) is 0 Å². The first-order chi connectivity index (χ1) is 9.02. The van der Waals surface area contributed by atoms with Crippen LogP contribution in [0.3, 0.4) is 0 Å². The van der Waals surface area contributed by atoms with E-state index in [4.69, 9.17) is 9.84 Å². The summed E-state index contributed by atoms with van der Waals surface area (Å²) in [5.41, 5.74) is 0.0783. The zero-order chi connectivity index (χ0) is 13.9. The molecule has 2 rings (SSSR count). The first-order valence-electron chi connectivity index (χ1n) is 7.17. The lowest BCUT2D eigenvalue weighted by Crippen LogP contribution is -2.50. The number of carboxylic acids is 1. The molecule has 0 aromatic carbocycles. The fourth-order valence-electron chi connectivity index (χ4n) is 3.13. The predicted molar refractivity (Wildman–Crippen MR) is 77.7 cm³/mol. The molecule has 0 saturated carbocycles. The van der Waals surface area contributed by atoms with Crippen LogP contribution in [0.15, 0.2) is 0 Å². The highest BCUT2D eigenvalue weighted by Crippen LogP contribution is 2.38. The fourth-order valence-corrected chi connectivity index (χ4v) is 4.37. The van der Waals surface area contributed by atoms with Gasteiger partial charge in [0.1, 0.15) is 0 Å². The molecule has 0 aliphatic carbocycles. The van der Waals surface area contributed by atoms with E-state index < -0.39 is 5.97 Å². The van der Waals surface area contributed by atoms with Gasteiger partial charge in [-0.2, -0.15) is 11.8 Å². The van der Waals surface area contributed by atoms with E-state index in [0.29, 0.717) is 12.6 Å². The first kappa shape index (κ1) is 15.1. The third-order valence-electron chi connectivity index (χ3n) is 4.48. The maximum Gasteiger partial charge on any atom is 0.307 e. The quantitative estimate of drug-likeness (QED) is 0.858. The second-order valence-electron chi connectivity index (χ2n) is 5.97. The lowest BCUT2D eigenvalue weighted by atomic mass is 9.85. The Morgan fingerprint density at radius 3 is 2.84 bits per heavy atom. The highest BCUT2D eigenvalue weighted by molar-refractivity contribution is 7.99. The maximum absolute atomic E-state index is 11.0. The molecule has 1 spiro atoms. The Balaban J connectivity index is 1.91. The number of carbonyl (C=O) groups is 1. The summed E-state index contributed by atoms with van der Waals surface area (Å²) in [6, 6.07) is 0.471. The normalized spacial score (nSPS) is 28.5. The number of hydrogen-bond acceptors (Lipinski definition) is 4. The SMILES string of the molecule is CC(CN(C)C1CCOC2(CCSCC2)C1)C(=O)O. The molecule has 2 unspecified atom stereocenters. The Morgan fingerprint density at radius 1 is 1.53 bits per heavy atom. The van der Waals surface area contributed by atoms with Crippen LogP contribution < -0.4 is 0 Å². The summed E-state index contributed by atoms with van der Waals surface area (Å²) < 4.78 is 6.08. The van der Waals surface area contributed by atoms with Crippen LogP contribution in [0.5, 0.6) is 0 Å². The third kappa shape index (κ3) is 3.86. The number of rotatable bonds is 4. The molecule has 0 amide bonds. The van der Waals surface area contributed by atoms with Crippen LogP contribution in [0, 0.1) is 5.92 Å². The number of nitrogens with zero attached hydrogens (tertiary/aromatic N) is 1. The van der Waals surface area contributed by atoms with Crippen molar-refractivity contribution in [2.24, 2.45) is 5.92 Å². The van der Waals surface area contributed by atoms with Gasteiger partial charge in [0.25, 0.3) is 0 Å². The highest BCUT2D eigenvalue weighted by atomic mass is 32.2. The molecule has 2 aliphatic heterocycles. The van der Waals surface area contributed by atoms with Gasteiger partial charge in [0.15, 0.2) is 0 Å². The van der Waals surface area contributed by atoms with Gasteiger partial charge < -0.3 is 14.7 Å². The van der Waals surface area contributed by atoms with Crippen molar-refractivity contribution in [2.45, 2.75) is 44.2 Å². The standard InChI is InChI=1S/C14H25NO3S/c1-11(13(16)17)10-15(2)12-3-6-18-14(9-12)4-7-19-8-5-14/h11-12H,3-10H2,1-2H3,(H,16,17). The Bertz CT molecular complexity index is 312. The summed E-state index contributed by atoms with van der Waals surface area (Å²) in [7, 11) is 2.06. The minimum Gasteiger partial charge on any atom is -0.481 e. The second-order valence-corrected chi connectivity index (χ2v) is 7.19. The number of hydrogen-bond donors (Lipinski definition) is 1. The highest BCUT2D eigenvalue weighted by Gasteiger charge is 2.40. The average Bonchev–Trinajstić information content (AvgIpc) is 2.39. The number of thioether (sulfide) groups is 1. The minimum atomic E-state index is -0.706. The van der Waals surface area contributed by atoms with E-state index in [0.717, 1.165) is 32.3 Å². The van der Waals surface area contributed by atoms with Crippen molar-refractivity contribution in [1.29, 1.82) is 0 Å². The molecule has 0 aromatic rings. The zero-order valence-corrected chi connectivity index (χ0v) is 12.7. The molecule has 2 saturated heterocycles. The van der Waals surface area contributed by atoms with Crippen LogP contribution >= 0.6 is 11.8 Å². The summed E-state index contributed by atoms with van der Waals surface area (Å²) in [6.07, 6.45) is 4.39. The van der Waals surface area contributed by atoms with Crippen molar-refractivity contribution in [3.05, 3.63) is 0 Å². The van der Waals surface area contributed by atoms with E-state index in [9.17, 15) is 4.79 Å². The molecule has 4 nitrogen and oxygen atoms in total.